The standard InChI is InChI=1S/CH2Cl2Si2/c2-4-1-5-3/h1H2. The van der Waals surface area contributed by atoms with Crippen LogP contribution in [0.15, 0.2) is 0 Å². The Balaban J connectivity index is 2.19. The average Bonchev–Trinajstić information content (AvgIpc) is 1.41. The molecule has 0 aliphatic heterocycles. The minimum absolute atomic E-state index is 0.510. The van der Waals surface area contributed by atoms with Crippen LogP contribution in [0.1, 0.15) is 0 Å². The Morgan fingerprint density at radius 1 is 1.20 bits per heavy atom. The van der Waals surface area contributed by atoms with Crippen LogP contribution in [0.25, 0.3) is 0 Å². The first kappa shape index (κ1) is 6.01. The second-order valence-corrected chi connectivity index (χ2v) is 4.00. The summed E-state index contributed by atoms with van der Waals surface area (Å²) in [5.41, 5.74) is 0.975. The van der Waals surface area contributed by atoms with Gasteiger partial charge in [-0.1, -0.05) is 0 Å². The summed E-state index contributed by atoms with van der Waals surface area (Å²) >= 11 is 10.5. The van der Waals surface area contributed by atoms with Gasteiger partial charge in [0.2, 0.25) is 0 Å². The van der Waals surface area contributed by atoms with Gasteiger partial charge in [0.05, 0.1) is 0 Å². The number of hydrogen-bond acceptors (Lipinski definition) is 0. The van der Waals surface area contributed by atoms with E-state index in [1.54, 1.807) is 0 Å². The quantitative estimate of drug-likeness (QED) is 0.398. The van der Waals surface area contributed by atoms with Gasteiger partial charge in [0, 0.05) is 0 Å². The van der Waals surface area contributed by atoms with Crippen molar-refractivity contribution in [3.63, 3.8) is 0 Å². The van der Waals surface area contributed by atoms with Crippen molar-refractivity contribution in [2.45, 2.75) is 5.67 Å². The Hall–Kier alpha value is 1.01. The van der Waals surface area contributed by atoms with Gasteiger partial charge >= 0.3 is 0 Å². The second kappa shape index (κ2) is 5.01. The summed E-state index contributed by atoms with van der Waals surface area (Å²) in [6.45, 7) is 0. The van der Waals surface area contributed by atoms with Gasteiger partial charge in [0.15, 0.2) is 17.7 Å². The van der Waals surface area contributed by atoms with Crippen LogP contribution in [0.4, 0.5) is 0 Å². The predicted octanol–water partition coefficient (Wildman–Crippen LogP) is 1.08. The van der Waals surface area contributed by atoms with E-state index in [1.807, 2.05) is 0 Å². The van der Waals surface area contributed by atoms with E-state index >= 15 is 0 Å². The zero-order chi connectivity index (χ0) is 4.12. The Morgan fingerprint density at radius 2 is 1.60 bits per heavy atom. The molecule has 0 amide bonds. The average molecular weight is 141 g/mol. The summed E-state index contributed by atoms with van der Waals surface area (Å²) < 4.78 is 0. The van der Waals surface area contributed by atoms with Crippen molar-refractivity contribution in [2.75, 3.05) is 0 Å². The van der Waals surface area contributed by atoms with Gasteiger partial charge in [0.1, 0.15) is 0 Å². The Bertz CT molecular complexity index is 15.1. The van der Waals surface area contributed by atoms with E-state index in [0.717, 1.165) is 5.67 Å². The van der Waals surface area contributed by atoms with Gasteiger partial charge in [-0.3, -0.25) is 0 Å². The molecule has 5 heavy (non-hydrogen) atoms. The third kappa shape index (κ3) is 5.01. The molecule has 0 atom stereocenters. The zero-order valence-corrected chi connectivity index (χ0v) is 5.97. The van der Waals surface area contributed by atoms with Crippen molar-refractivity contribution in [3.8, 4) is 0 Å². The summed E-state index contributed by atoms with van der Waals surface area (Å²) in [6, 6.07) is 0. The maximum Gasteiger partial charge on any atom is 0.169 e. The van der Waals surface area contributed by atoms with Crippen molar-refractivity contribution in [1.29, 1.82) is 0 Å². The molecule has 0 saturated heterocycles. The van der Waals surface area contributed by atoms with Gasteiger partial charge < -0.3 is 0 Å². The molecule has 0 fully saturated rings. The Morgan fingerprint density at radius 3 is 1.60 bits per heavy atom. The zero-order valence-electron chi connectivity index (χ0n) is 2.46. The molecule has 0 aromatic carbocycles. The van der Waals surface area contributed by atoms with Gasteiger partial charge in [-0.2, -0.15) is 22.2 Å². The van der Waals surface area contributed by atoms with Crippen molar-refractivity contribution in [2.24, 2.45) is 0 Å². The number of rotatable bonds is 2. The molecule has 0 rings (SSSR count). The third-order valence-corrected chi connectivity index (χ3v) is 3.61. The largest absolute Gasteiger partial charge is 0.172 e. The highest BCUT2D eigenvalue weighted by Gasteiger charge is 1.78. The molecular formula is CH2Cl2Si2. The molecule has 4 heteroatoms. The van der Waals surface area contributed by atoms with E-state index in [1.165, 1.54) is 0 Å². The van der Waals surface area contributed by atoms with E-state index < -0.39 is 0 Å². The Kier molecular flexibility index (Phi) is 6.03. The minimum Gasteiger partial charge on any atom is -0.172 e. The molecule has 0 heterocycles. The molecule has 0 N–H and O–H groups in total. The molecule has 0 aromatic rings. The van der Waals surface area contributed by atoms with Gasteiger partial charge in [-0.05, 0) is 5.67 Å². The molecule has 0 saturated carbocycles. The lowest BCUT2D eigenvalue weighted by molar-refractivity contribution is 2.10. The van der Waals surface area contributed by atoms with E-state index in [2.05, 4.69) is 0 Å². The molecule has 0 unspecified atom stereocenters. The highest BCUT2D eigenvalue weighted by Crippen LogP contribution is 1.80. The van der Waals surface area contributed by atoms with Crippen molar-refractivity contribution < 1.29 is 0 Å². The summed E-state index contributed by atoms with van der Waals surface area (Å²) in [5.74, 6) is 0. The van der Waals surface area contributed by atoms with Gasteiger partial charge in [-0.15, -0.1) is 0 Å². The fraction of sp³-hybridized carbons (Fsp3) is 1.00. The highest BCUT2D eigenvalue weighted by molar-refractivity contribution is 7.05. The minimum atomic E-state index is 0.510. The summed E-state index contributed by atoms with van der Waals surface area (Å²) in [4.78, 5) is 0. The lowest BCUT2D eigenvalue weighted by atomic mass is 11.9. The molecule has 0 nitrogen and oxygen atoms in total. The number of halogens is 2. The summed E-state index contributed by atoms with van der Waals surface area (Å²) in [5, 5.41) is 0. The topological polar surface area (TPSA) is 0 Å². The van der Waals surface area contributed by atoms with Crippen LogP contribution in [-0.2, 0) is 0 Å². The molecule has 4 radical (unpaired) electrons. The predicted molar refractivity (Wildman–Crippen MR) is 28.0 cm³/mol. The highest BCUT2D eigenvalue weighted by atomic mass is 35.6. The maximum absolute atomic E-state index is 5.25. The maximum atomic E-state index is 5.25. The van der Waals surface area contributed by atoms with Crippen LogP contribution in [0.5, 0.6) is 0 Å². The first-order valence-corrected chi connectivity index (χ1v) is 5.52. The number of hydrogen-bond donors (Lipinski definition) is 0. The van der Waals surface area contributed by atoms with Crippen LogP contribution >= 0.6 is 22.2 Å². The lowest BCUT2D eigenvalue weighted by Gasteiger charge is -1.69. The SMILES string of the molecule is Cl[Si]C[Si]Cl. The summed E-state index contributed by atoms with van der Waals surface area (Å²) in [7, 11) is 1.02. The molecule has 28 valence electrons. The molecule has 0 aliphatic rings. The monoisotopic (exact) mass is 140 g/mol. The normalized spacial score (nSPS) is 8.40. The second-order valence-electron chi connectivity index (χ2n) is 0.444. The van der Waals surface area contributed by atoms with E-state index in [0.29, 0.717) is 17.7 Å². The molecule has 0 aromatic heterocycles. The molecule has 0 aliphatic carbocycles. The van der Waals surface area contributed by atoms with Crippen LogP contribution < -0.4 is 0 Å². The van der Waals surface area contributed by atoms with Crippen LogP contribution in [0, 0.1) is 0 Å². The first-order chi connectivity index (χ1) is 2.41. The van der Waals surface area contributed by atoms with Crippen LogP contribution in [-0.4, -0.2) is 17.7 Å². The Labute approximate surface area is 45.9 Å². The van der Waals surface area contributed by atoms with E-state index in [9.17, 15) is 0 Å². The van der Waals surface area contributed by atoms with Gasteiger partial charge in [-0.25, -0.2) is 0 Å². The fourth-order valence-electron chi connectivity index (χ4n) is 0.0253. The molecule has 0 bridgehead atoms. The van der Waals surface area contributed by atoms with Crippen molar-refractivity contribution in [3.05, 3.63) is 0 Å². The van der Waals surface area contributed by atoms with E-state index in [-0.39, 0.29) is 0 Å². The third-order valence-electron chi connectivity index (χ3n) is 0.134. The lowest BCUT2D eigenvalue weighted by Crippen LogP contribution is -1.78. The van der Waals surface area contributed by atoms with Crippen LogP contribution in [0.2, 0.25) is 5.67 Å². The van der Waals surface area contributed by atoms with Crippen molar-refractivity contribution in [1.82, 2.24) is 0 Å². The smallest absolute Gasteiger partial charge is 0.169 e. The fourth-order valence-corrected chi connectivity index (χ4v) is 2.05. The van der Waals surface area contributed by atoms with E-state index in [4.69, 9.17) is 22.2 Å². The van der Waals surface area contributed by atoms with Gasteiger partial charge in [0.25, 0.3) is 0 Å². The van der Waals surface area contributed by atoms with Crippen LogP contribution in [0.3, 0.4) is 0 Å². The summed E-state index contributed by atoms with van der Waals surface area (Å²) in [6.07, 6.45) is 0. The van der Waals surface area contributed by atoms with Crippen molar-refractivity contribution >= 4 is 39.8 Å². The molecule has 0 spiro atoms. The first-order valence-electron chi connectivity index (χ1n) is 1.09. The molecular weight excluding hydrogens is 139 g/mol.